The Balaban J connectivity index is 1.05. The number of benzene rings is 7. The molecule has 0 fully saturated rings. The third-order valence-electron chi connectivity index (χ3n) is 12.7. The van der Waals surface area contributed by atoms with Gasteiger partial charge in [-0.15, -0.1) is 20.5 Å². The second kappa shape index (κ2) is 25.7. The van der Waals surface area contributed by atoms with Gasteiger partial charge in [0.25, 0.3) is 80.9 Å². The minimum atomic E-state index is -6.01. The Morgan fingerprint density at radius 3 is 1.12 bits per heavy atom. The molecule has 0 aliphatic rings. The molecule has 54 heteroatoms. The van der Waals surface area contributed by atoms with E-state index < -0.39 is 239 Å². The maximum atomic E-state index is 15.2. The molecule has 0 atom stereocenters. The Labute approximate surface area is 558 Å². The minimum absolute atomic E-state index is 0.0832. The normalized spacial score (nSPS) is 13.0. The number of nitrogens with one attached hydrogen (secondary N) is 3. The van der Waals surface area contributed by atoms with E-state index in [2.05, 4.69) is 66.3 Å². The number of nitrogens with zero attached hydrogens (tertiary/aromatic N) is 11. The van der Waals surface area contributed by atoms with Crippen molar-refractivity contribution in [2.45, 2.75) is 39.2 Å². The molecule has 2 aromatic heterocycles. The molecular formula is C45H28Cl2F4N14O26S8. The van der Waals surface area contributed by atoms with Crippen molar-refractivity contribution in [3.8, 4) is 11.5 Å². The predicted octanol–water partition coefficient (Wildman–Crippen LogP) is 7.44. The molecule has 0 amide bonds. The van der Waals surface area contributed by atoms with Gasteiger partial charge in [0.1, 0.15) is 44.2 Å². The molecule has 0 saturated heterocycles. The van der Waals surface area contributed by atoms with Crippen molar-refractivity contribution >= 4 is 195 Å². The molecule has 0 spiro atoms. The summed E-state index contributed by atoms with van der Waals surface area (Å²) in [6, 6.07) is 7.79. The van der Waals surface area contributed by atoms with Crippen molar-refractivity contribution in [1.29, 1.82) is 0 Å². The molecule has 7 aromatic carbocycles. The Morgan fingerprint density at radius 1 is 0.414 bits per heavy atom. The zero-order valence-corrected chi connectivity index (χ0v) is 54.9. The summed E-state index contributed by atoms with van der Waals surface area (Å²) < 4.78 is 335. The molecule has 40 nitrogen and oxygen atoms in total. The summed E-state index contributed by atoms with van der Waals surface area (Å²) in [6.45, 7) is 0. The fourth-order valence-electron chi connectivity index (χ4n) is 8.73. The molecular weight excluding hydrogens is 1560 g/mol. The summed E-state index contributed by atoms with van der Waals surface area (Å²) >= 11 is 12.5. The van der Waals surface area contributed by atoms with E-state index in [-0.39, 0.29) is 29.5 Å². The first-order chi connectivity index (χ1) is 45.3. The Bertz CT molecular complexity index is 6110. The lowest BCUT2D eigenvalue weighted by molar-refractivity contribution is 0.438. The van der Waals surface area contributed by atoms with E-state index in [0.29, 0.717) is 36.4 Å². The molecule has 0 aliphatic heterocycles. The van der Waals surface area contributed by atoms with Crippen LogP contribution in [0.3, 0.4) is 0 Å². The zero-order valence-electron chi connectivity index (χ0n) is 46.9. The Hall–Kier alpha value is -9.34. The summed E-state index contributed by atoms with van der Waals surface area (Å²) in [5.74, 6) is -15.1. The molecule has 9 rings (SSSR count). The molecule has 0 unspecified atom stereocenters. The summed E-state index contributed by atoms with van der Waals surface area (Å²) in [5.41, 5.74) is -7.48. The van der Waals surface area contributed by atoms with Crippen LogP contribution in [0.5, 0.6) is 11.5 Å². The molecule has 0 saturated carbocycles. The number of aromatic nitrogens is 6. The van der Waals surface area contributed by atoms with Crippen molar-refractivity contribution in [2.24, 2.45) is 20.5 Å². The summed E-state index contributed by atoms with van der Waals surface area (Å²) in [5, 5.41) is 39.3. The molecule has 524 valence electrons. The highest BCUT2D eigenvalue weighted by molar-refractivity contribution is 7.88. The van der Waals surface area contributed by atoms with Gasteiger partial charge in [0.05, 0.1) is 21.2 Å². The Morgan fingerprint density at radius 2 is 0.768 bits per heavy atom. The van der Waals surface area contributed by atoms with E-state index in [1.54, 1.807) is 0 Å². The van der Waals surface area contributed by atoms with Crippen LogP contribution in [0.25, 0.3) is 21.5 Å². The summed E-state index contributed by atoms with van der Waals surface area (Å²) in [4.78, 5) is 10.9. The minimum Gasteiger partial charge on any atom is -0.505 e. The number of anilines is 8. The standard InChI is InChI=1S/C45H28Cl2F4N14O26S8/c1-65(45-58-41(47)57-44(60-45)54-23-11-19(93(71,72)73)7-15-9-27(95(77,78)79)33(35(67)29(15)23)64-62-25-13-21(49)37(97(83,84)85)31(51)39(25)99(89,90)91)17-4-2-16(3-5-17)52-42-55-40(46)56-43(59-42)53-22-10-18(92(68,69)70)6-14-8-26(94(74,75)76)32(34(66)28(14)22)63-61-24-12-20(48)36(96(80,81)82)30(50)38(24)98(86,87)88/h2-13,66-67H,1H3,(H,68,69,70)(H,71,72,73)(H,74,75,76)(H,77,78,79)(H,80,81,82)(H,83,84,85)(H,86,87,88)(H,89,90,91)(H,54,57,58,60)(H2,52,53,55,56,59). The number of phenolic OH excluding ortho intramolecular Hbond substituents is 2. The third kappa shape index (κ3) is 15.6. The van der Waals surface area contributed by atoms with Gasteiger partial charge in [-0.05, 0) is 94.6 Å². The lowest BCUT2D eigenvalue weighted by Crippen LogP contribution is -2.15. The van der Waals surface area contributed by atoms with Crippen molar-refractivity contribution in [1.82, 2.24) is 29.9 Å². The number of hydrogen-bond acceptors (Lipinski definition) is 32. The number of azo groups is 2. The van der Waals surface area contributed by atoms with Crippen LogP contribution in [0.2, 0.25) is 10.6 Å². The van der Waals surface area contributed by atoms with Gasteiger partial charge in [-0.1, -0.05) is 0 Å². The molecule has 0 radical (unpaired) electrons. The number of fused-ring (bicyclic) bond motifs is 2. The lowest BCUT2D eigenvalue weighted by atomic mass is 10.1. The van der Waals surface area contributed by atoms with Crippen molar-refractivity contribution < 1.29 is 132 Å². The van der Waals surface area contributed by atoms with Gasteiger partial charge in [0.15, 0.2) is 42.7 Å². The van der Waals surface area contributed by atoms with Gasteiger partial charge in [0, 0.05) is 41.3 Å². The van der Waals surface area contributed by atoms with Crippen molar-refractivity contribution in [3.63, 3.8) is 0 Å². The second-order valence-corrected chi connectivity index (χ2v) is 30.9. The third-order valence-corrected chi connectivity index (χ3v) is 20.0. The number of halogens is 6. The average molecular weight is 1580 g/mol. The van der Waals surface area contributed by atoms with Gasteiger partial charge in [0.2, 0.25) is 34.4 Å². The number of aromatic hydroxyl groups is 2. The van der Waals surface area contributed by atoms with E-state index in [0.717, 1.165) is 0 Å². The molecule has 13 N–H and O–H groups in total. The van der Waals surface area contributed by atoms with Crippen LogP contribution in [0.1, 0.15) is 0 Å². The largest absolute Gasteiger partial charge is 0.505 e. The van der Waals surface area contributed by atoms with Gasteiger partial charge >= 0.3 is 0 Å². The van der Waals surface area contributed by atoms with E-state index >= 15 is 8.78 Å². The van der Waals surface area contributed by atoms with Gasteiger partial charge in [-0.3, -0.25) is 36.4 Å². The summed E-state index contributed by atoms with van der Waals surface area (Å²) in [6.07, 6.45) is 0. The van der Waals surface area contributed by atoms with Crippen LogP contribution in [0.4, 0.5) is 86.9 Å². The van der Waals surface area contributed by atoms with Crippen LogP contribution >= 0.6 is 23.2 Å². The fourth-order valence-corrected chi connectivity index (χ4v) is 14.2. The van der Waals surface area contributed by atoms with Crippen molar-refractivity contribution in [2.75, 3.05) is 27.9 Å². The maximum absolute atomic E-state index is 15.2. The number of rotatable bonds is 20. The zero-order chi connectivity index (χ0) is 73.7. The van der Waals surface area contributed by atoms with E-state index in [4.69, 9.17) is 23.2 Å². The van der Waals surface area contributed by atoms with Crippen LogP contribution < -0.4 is 20.9 Å². The second-order valence-electron chi connectivity index (χ2n) is 19.1. The predicted molar refractivity (Wildman–Crippen MR) is 325 cm³/mol. The maximum Gasteiger partial charge on any atom is 0.300 e. The monoisotopic (exact) mass is 1580 g/mol. The van der Waals surface area contributed by atoms with E-state index in [9.17, 15) is 123 Å². The first-order valence-electron chi connectivity index (χ1n) is 24.7. The quantitative estimate of drug-likeness (QED) is 0.0200. The van der Waals surface area contributed by atoms with Crippen LogP contribution in [0.15, 0.2) is 132 Å². The summed E-state index contributed by atoms with van der Waals surface area (Å²) in [7, 11) is -44.6. The highest BCUT2D eigenvalue weighted by Crippen LogP contribution is 2.49. The van der Waals surface area contributed by atoms with Crippen LogP contribution in [-0.4, -0.2) is 151 Å². The van der Waals surface area contributed by atoms with Gasteiger partial charge in [-0.25, -0.2) is 17.6 Å². The highest BCUT2D eigenvalue weighted by Gasteiger charge is 2.36. The van der Waals surface area contributed by atoms with Crippen LogP contribution in [-0.2, 0) is 80.9 Å². The van der Waals surface area contributed by atoms with Crippen LogP contribution in [0, 0.1) is 23.3 Å². The smallest absolute Gasteiger partial charge is 0.300 e. The fraction of sp³-hybridized carbons (Fsp3) is 0.0222. The SMILES string of the molecule is CN(c1ccc(Nc2nc(Cl)nc(Nc3cc(S(=O)(=O)O)cc4cc(S(=O)(=O)O)c(N=Nc5cc(F)c(S(=O)(=O)O)c(F)c5S(=O)(=O)O)c(O)c34)n2)cc1)c1nc(Cl)nc(Nc2cc(S(=O)(=O)O)cc3cc(S(=O)(=O)O)c(N=Nc4cc(F)c(S(=O)(=O)O)c(F)c4S(=O)(=O)O)c(O)c23)n1. The molecule has 99 heavy (non-hydrogen) atoms. The molecule has 0 aliphatic carbocycles. The molecule has 9 aromatic rings. The lowest BCUT2D eigenvalue weighted by Gasteiger charge is -2.19. The van der Waals surface area contributed by atoms with E-state index in [1.165, 1.54) is 36.2 Å². The molecule has 2 heterocycles. The average Bonchev–Trinajstić information content (AvgIpc) is 0.757. The van der Waals surface area contributed by atoms with E-state index in [1.807, 2.05) is 0 Å². The van der Waals surface area contributed by atoms with Gasteiger partial charge in [-0.2, -0.15) is 97.2 Å². The Kier molecular flexibility index (Phi) is 19.2. The first kappa shape index (κ1) is 73.9. The van der Waals surface area contributed by atoms with Crippen molar-refractivity contribution in [3.05, 3.63) is 107 Å². The molecule has 0 bridgehead atoms. The first-order valence-corrected chi connectivity index (χ1v) is 36.9. The topological polar surface area (TPSA) is 642 Å². The number of phenols is 2. The highest BCUT2D eigenvalue weighted by atomic mass is 35.5. The number of hydrogen-bond donors (Lipinski definition) is 13. The van der Waals surface area contributed by atoms with Gasteiger partial charge < -0.3 is 31.1 Å².